The third kappa shape index (κ3) is 5.62. The van der Waals surface area contributed by atoms with Gasteiger partial charge in [-0.3, -0.25) is 19.7 Å². The monoisotopic (exact) mass is 266 g/mol. The number of hydrogen-bond donors (Lipinski definition) is 2. The normalized spacial score (nSPS) is 9.89. The van der Waals surface area contributed by atoms with E-state index in [1.165, 1.54) is 12.1 Å². The largest absolute Gasteiger partial charge is 0.481 e. The van der Waals surface area contributed by atoms with E-state index in [0.717, 1.165) is 5.56 Å². The number of amides is 1. The van der Waals surface area contributed by atoms with Crippen molar-refractivity contribution in [2.45, 2.75) is 25.8 Å². The molecule has 0 aliphatic carbocycles. The maximum absolute atomic E-state index is 11.4. The van der Waals surface area contributed by atoms with E-state index in [0.29, 0.717) is 6.42 Å². The number of aliphatic carboxylic acids is 1. The summed E-state index contributed by atoms with van der Waals surface area (Å²) in [5.41, 5.74) is 0.744. The van der Waals surface area contributed by atoms with Crippen LogP contribution in [0, 0.1) is 10.1 Å². The molecule has 7 heteroatoms. The number of carbonyl (C=O) groups is 2. The Morgan fingerprint density at radius 2 is 1.84 bits per heavy atom. The fourth-order valence-electron chi connectivity index (χ4n) is 1.42. The molecule has 1 rings (SSSR count). The van der Waals surface area contributed by atoms with Gasteiger partial charge in [-0.2, -0.15) is 0 Å². The maximum atomic E-state index is 11.4. The van der Waals surface area contributed by atoms with Gasteiger partial charge in [0.1, 0.15) is 0 Å². The molecule has 1 amide bonds. The Balaban J connectivity index is 2.33. The molecule has 0 radical (unpaired) electrons. The van der Waals surface area contributed by atoms with E-state index in [4.69, 9.17) is 5.11 Å². The SMILES string of the molecule is O=C(O)CCCC(=O)NCc1ccc([N+](=O)[O-])cc1. The Hall–Kier alpha value is -2.44. The standard InChI is InChI=1S/C12H14N2O5/c15-11(2-1-3-12(16)17)13-8-9-4-6-10(7-5-9)14(18)19/h4-7H,1-3,8H2,(H,13,15)(H,16,17). The fraction of sp³-hybridized carbons (Fsp3) is 0.333. The molecule has 0 unspecified atom stereocenters. The third-order valence-corrected chi connectivity index (χ3v) is 2.43. The topological polar surface area (TPSA) is 110 Å². The molecule has 0 aromatic heterocycles. The van der Waals surface area contributed by atoms with Crippen molar-refractivity contribution >= 4 is 17.6 Å². The van der Waals surface area contributed by atoms with Crippen molar-refractivity contribution in [1.29, 1.82) is 0 Å². The van der Waals surface area contributed by atoms with E-state index in [9.17, 15) is 19.7 Å². The first-order valence-corrected chi connectivity index (χ1v) is 5.71. The molecule has 0 aliphatic heterocycles. The Morgan fingerprint density at radius 3 is 2.37 bits per heavy atom. The number of carboxylic acids is 1. The smallest absolute Gasteiger partial charge is 0.303 e. The number of nitrogens with one attached hydrogen (secondary N) is 1. The van der Waals surface area contributed by atoms with Gasteiger partial charge in [0.05, 0.1) is 4.92 Å². The molecule has 0 fully saturated rings. The van der Waals surface area contributed by atoms with Gasteiger partial charge in [-0.05, 0) is 12.0 Å². The van der Waals surface area contributed by atoms with Crippen molar-refractivity contribution in [3.05, 3.63) is 39.9 Å². The van der Waals surface area contributed by atoms with Crippen LogP contribution in [0.5, 0.6) is 0 Å². The summed E-state index contributed by atoms with van der Waals surface area (Å²) >= 11 is 0. The van der Waals surface area contributed by atoms with Gasteiger partial charge < -0.3 is 10.4 Å². The van der Waals surface area contributed by atoms with E-state index in [-0.39, 0.29) is 31.0 Å². The lowest BCUT2D eigenvalue weighted by Gasteiger charge is -2.04. The Bertz CT molecular complexity index is 470. The van der Waals surface area contributed by atoms with Crippen LogP contribution in [0.2, 0.25) is 0 Å². The molecule has 7 nitrogen and oxygen atoms in total. The predicted molar refractivity (Wildman–Crippen MR) is 66.4 cm³/mol. The number of nitrogens with zero attached hydrogens (tertiary/aromatic N) is 1. The Morgan fingerprint density at radius 1 is 1.21 bits per heavy atom. The van der Waals surface area contributed by atoms with Crippen LogP contribution < -0.4 is 5.32 Å². The summed E-state index contributed by atoms with van der Waals surface area (Å²) in [5.74, 6) is -1.16. The van der Waals surface area contributed by atoms with Gasteiger partial charge in [0.2, 0.25) is 5.91 Å². The van der Waals surface area contributed by atoms with E-state index < -0.39 is 10.9 Å². The van der Waals surface area contributed by atoms with Crippen molar-refractivity contribution < 1.29 is 19.6 Å². The zero-order valence-corrected chi connectivity index (χ0v) is 10.2. The predicted octanol–water partition coefficient (Wildman–Crippen LogP) is 1.47. The Kier molecular flexibility index (Phi) is 5.46. The van der Waals surface area contributed by atoms with Crippen molar-refractivity contribution in [3.8, 4) is 0 Å². The zero-order valence-electron chi connectivity index (χ0n) is 10.2. The molecule has 2 N–H and O–H groups in total. The number of carboxylic acid groups (broad SMARTS) is 1. The number of nitro groups is 1. The average Bonchev–Trinajstić information content (AvgIpc) is 2.36. The second-order valence-corrected chi connectivity index (χ2v) is 3.95. The van der Waals surface area contributed by atoms with Gasteiger partial charge >= 0.3 is 5.97 Å². The molecular weight excluding hydrogens is 252 g/mol. The van der Waals surface area contributed by atoms with Gasteiger partial charge in [0, 0.05) is 31.5 Å². The minimum absolute atomic E-state index is 0.00321. The van der Waals surface area contributed by atoms with Crippen LogP contribution in [0.4, 0.5) is 5.69 Å². The molecule has 1 aromatic rings. The summed E-state index contributed by atoms with van der Waals surface area (Å²) in [6.45, 7) is 0.268. The van der Waals surface area contributed by atoms with Crippen LogP contribution in [0.3, 0.4) is 0 Å². The van der Waals surface area contributed by atoms with Gasteiger partial charge in [-0.25, -0.2) is 0 Å². The molecular formula is C12H14N2O5. The number of non-ortho nitro benzene ring substituents is 1. The zero-order chi connectivity index (χ0) is 14.3. The molecule has 0 heterocycles. The second-order valence-electron chi connectivity index (χ2n) is 3.95. The molecule has 102 valence electrons. The van der Waals surface area contributed by atoms with Crippen LogP contribution in [-0.4, -0.2) is 21.9 Å². The highest BCUT2D eigenvalue weighted by Crippen LogP contribution is 2.11. The van der Waals surface area contributed by atoms with Gasteiger partial charge in [-0.15, -0.1) is 0 Å². The second kappa shape index (κ2) is 7.10. The molecule has 0 atom stereocenters. The van der Waals surface area contributed by atoms with Crippen molar-refractivity contribution in [2.24, 2.45) is 0 Å². The van der Waals surface area contributed by atoms with Crippen molar-refractivity contribution in [1.82, 2.24) is 5.32 Å². The highest BCUT2D eigenvalue weighted by atomic mass is 16.6. The number of benzene rings is 1. The van der Waals surface area contributed by atoms with Crippen LogP contribution in [-0.2, 0) is 16.1 Å². The van der Waals surface area contributed by atoms with Gasteiger partial charge in [-0.1, -0.05) is 12.1 Å². The molecule has 1 aromatic carbocycles. The van der Waals surface area contributed by atoms with E-state index in [1.54, 1.807) is 12.1 Å². The summed E-state index contributed by atoms with van der Waals surface area (Å²) < 4.78 is 0. The van der Waals surface area contributed by atoms with E-state index in [1.807, 2.05) is 0 Å². The fourth-order valence-corrected chi connectivity index (χ4v) is 1.42. The first-order chi connectivity index (χ1) is 8.99. The first-order valence-electron chi connectivity index (χ1n) is 5.71. The Labute approximate surface area is 109 Å². The van der Waals surface area contributed by atoms with Crippen molar-refractivity contribution in [3.63, 3.8) is 0 Å². The first kappa shape index (κ1) is 14.6. The summed E-state index contributed by atoms with van der Waals surface area (Å²) in [6.07, 6.45) is 0.408. The lowest BCUT2D eigenvalue weighted by molar-refractivity contribution is -0.384. The maximum Gasteiger partial charge on any atom is 0.303 e. The number of hydrogen-bond acceptors (Lipinski definition) is 4. The minimum Gasteiger partial charge on any atom is -0.481 e. The van der Waals surface area contributed by atoms with Crippen LogP contribution in [0.15, 0.2) is 24.3 Å². The number of carbonyl (C=O) groups excluding carboxylic acids is 1. The molecule has 0 spiro atoms. The average molecular weight is 266 g/mol. The quantitative estimate of drug-likeness (QED) is 0.573. The molecule has 0 saturated carbocycles. The lowest BCUT2D eigenvalue weighted by Crippen LogP contribution is -2.22. The van der Waals surface area contributed by atoms with Gasteiger partial charge in [0.15, 0.2) is 0 Å². The molecule has 0 saturated heterocycles. The minimum atomic E-state index is -0.928. The molecule has 19 heavy (non-hydrogen) atoms. The molecule has 0 aliphatic rings. The van der Waals surface area contributed by atoms with Gasteiger partial charge in [0.25, 0.3) is 5.69 Å². The summed E-state index contributed by atoms with van der Waals surface area (Å²) in [4.78, 5) is 31.6. The lowest BCUT2D eigenvalue weighted by atomic mass is 10.2. The van der Waals surface area contributed by atoms with Crippen LogP contribution in [0.25, 0.3) is 0 Å². The summed E-state index contributed by atoms with van der Waals surface area (Å²) in [6, 6.07) is 5.86. The number of nitro benzene ring substituents is 1. The number of rotatable bonds is 7. The highest BCUT2D eigenvalue weighted by molar-refractivity contribution is 5.76. The van der Waals surface area contributed by atoms with E-state index >= 15 is 0 Å². The molecule has 0 bridgehead atoms. The third-order valence-electron chi connectivity index (χ3n) is 2.43. The van der Waals surface area contributed by atoms with Crippen molar-refractivity contribution in [2.75, 3.05) is 0 Å². The van der Waals surface area contributed by atoms with Crippen LogP contribution >= 0.6 is 0 Å². The summed E-state index contributed by atoms with van der Waals surface area (Å²) in [5, 5.41) is 21.5. The van der Waals surface area contributed by atoms with Crippen LogP contribution in [0.1, 0.15) is 24.8 Å². The highest BCUT2D eigenvalue weighted by Gasteiger charge is 2.06. The summed E-state index contributed by atoms with van der Waals surface area (Å²) in [7, 11) is 0. The van der Waals surface area contributed by atoms with E-state index in [2.05, 4.69) is 5.32 Å².